The molecule has 0 saturated heterocycles. The first kappa shape index (κ1) is 14.1. The molecule has 2 heterocycles. The molecule has 0 aliphatic carbocycles. The summed E-state index contributed by atoms with van der Waals surface area (Å²) in [6.45, 7) is 0. The molecule has 0 saturated carbocycles. The molecule has 4 rings (SSSR count). The van der Waals surface area contributed by atoms with Crippen molar-refractivity contribution in [1.29, 1.82) is 0 Å². The summed E-state index contributed by atoms with van der Waals surface area (Å²) in [5.74, 6) is -0.600. The van der Waals surface area contributed by atoms with E-state index in [1.807, 2.05) is 0 Å². The zero-order chi connectivity index (χ0) is 16.8. The molecular formula is C16H9FN4O3. The van der Waals surface area contributed by atoms with E-state index in [9.17, 15) is 19.3 Å². The van der Waals surface area contributed by atoms with Crippen LogP contribution < -0.4 is 5.56 Å². The van der Waals surface area contributed by atoms with Gasteiger partial charge in [-0.3, -0.25) is 14.9 Å². The summed E-state index contributed by atoms with van der Waals surface area (Å²) in [5, 5.41) is 11.6. The molecular weight excluding hydrogens is 315 g/mol. The van der Waals surface area contributed by atoms with E-state index in [-0.39, 0.29) is 22.5 Å². The van der Waals surface area contributed by atoms with Crippen molar-refractivity contribution >= 4 is 27.6 Å². The van der Waals surface area contributed by atoms with Crippen LogP contribution in [0.2, 0.25) is 0 Å². The normalized spacial score (nSPS) is 11.2. The maximum Gasteiger partial charge on any atom is 0.304 e. The van der Waals surface area contributed by atoms with Crippen LogP contribution in [-0.4, -0.2) is 19.9 Å². The van der Waals surface area contributed by atoms with Crippen molar-refractivity contribution in [2.45, 2.75) is 0 Å². The van der Waals surface area contributed by atoms with Gasteiger partial charge in [-0.1, -0.05) is 12.1 Å². The Morgan fingerprint density at radius 2 is 1.88 bits per heavy atom. The Morgan fingerprint density at radius 1 is 1.08 bits per heavy atom. The van der Waals surface area contributed by atoms with Crippen molar-refractivity contribution in [3.8, 4) is 11.4 Å². The predicted octanol–water partition coefficient (Wildman–Crippen LogP) is 3.12. The number of nitro groups is 1. The Bertz CT molecular complexity index is 1180. The third-order valence-electron chi connectivity index (χ3n) is 3.75. The van der Waals surface area contributed by atoms with Crippen LogP contribution in [0.3, 0.4) is 0 Å². The standard InChI is InChI=1S/C16H9FN4O3/c17-8-5-6-10-9(7-8)15(21(23)24)13(18-10)14-16(22)20-12-4-2-1-3-11(12)19-14/h1-7,18H,(H,20,22). The van der Waals surface area contributed by atoms with E-state index in [4.69, 9.17) is 0 Å². The van der Waals surface area contributed by atoms with Crippen molar-refractivity contribution in [2.75, 3.05) is 0 Å². The highest BCUT2D eigenvalue weighted by Crippen LogP contribution is 2.35. The molecule has 8 heteroatoms. The Balaban J connectivity index is 2.10. The molecule has 0 unspecified atom stereocenters. The molecule has 2 N–H and O–H groups in total. The zero-order valence-electron chi connectivity index (χ0n) is 12.0. The number of fused-ring (bicyclic) bond motifs is 2. The molecule has 0 radical (unpaired) electrons. The minimum Gasteiger partial charge on any atom is -0.347 e. The minimum atomic E-state index is -0.649. The van der Waals surface area contributed by atoms with E-state index in [1.54, 1.807) is 24.3 Å². The van der Waals surface area contributed by atoms with Gasteiger partial charge >= 0.3 is 5.69 Å². The topological polar surface area (TPSA) is 105 Å². The van der Waals surface area contributed by atoms with Crippen LogP contribution in [0.15, 0.2) is 47.3 Å². The predicted molar refractivity (Wildman–Crippen MR) is 86.3 cm³/mol. The lowest BCUT2D eigenvalue weighted by molar-refractivity contribution is -0.382. The number of nitrogens with one attached hydrogen (secondary N) is 2. The molecule has 24 heavy (non-hydrogen) atoms. The summed E-state index contributed by atoms with van der Waals surface area (Å²) in [6.07, 6.45) is 0. The first-order valence-electron chi connectivity index (χ1n) is 6.99. The third kappa shape index (κ3) is 2.04. The molecule has 4 aromatic rings. The molecule has 2 aromatic carbocycles. The van der Waals surface area contributed by atoms with Crippen LogP contribution >= 0.6 is 0 Å². The lowest BCUT2D eigenvalue weighted by atomic mass is 10.2. The van der Waals surface area contributed by atoms with Crippen LogP contribution in [0.5, 0.6) is 0 Å². The summed E-state index contributed by atoms with van der Waals surface area (Å²) >= 11 is 0. The van der Waals surface area contributed by atoms with E-state index >= 15 is 0 Å². The van der Waals surface area contributed by atoms with E-state index in [0.29, 0.717) is 16.6 Å². The number of rotatable bonds is 2. The number of hydrogen-bond donors (Lipinski definition) is 2. The van der Waals surface area contributed by atoms with E-state index in [0.717, 1.165) is 6.07 Å². The summed E-state index contributed by atoms with van der Waals surface area (Å²) in [5.41, 5.74) is 0.265. The average molecular weight is 324 g/mol. The highest BCUT2D eigenvalue weighted by molar-refractivity contribution is 5.97. The summed E-state index contributed by atoms with van der Waals surface area (Å²) in [4.78, 5) is 32.8. The number of halogens is 1. The summed E-state index contributed by atoms with van der Waals surface area (Å²) < 4.78 is 13.5. The molecule has 0 spiro atoms. The number of H-pyrrole nitrogens is 2. The fraction of sp³-hybridized carbons (Fsp3) is 0. The van der Waals surface area contributed by atoms with Crippen LogP contribution in [0.1, 0.15) is 0 Å². The van der Waals surface area contributed by atoms with E-state index < -0.39 is 16.3 Å². The molecule has 118 valence electrons. The lowest BCUT2D eigenvalue weighted by Crippen LogP contribution is -2.12. The maximum atomic E-state index is 13.5. The van der Waals surface area contributed by atoms with Crippen molar-refractivity contribution < 1.29 is 9.31 Å². The molecule has 0 atom stereocenters. The van der Waals surface area contributed by atoms with Crippen molar-refractivity contribution in [3.63, 3.8) is 0 Å². The second-order valence-corrected chi connectivity index (χ2v) is 5.23. The molecule has 2 aromatic heterocycles. The lowest BCUT2D eigenvalue weighted by Gasteiger charge is -2.00. The summed E-state index contributed by atoms with van der Waals surface area (Å²) in [6, 6.07) is 10.5. The van der Waals surface area contributed by atoms with Gasteiger partial charge in [-0.15, -0.1) is 0 Å². The van der Waals surface area contributed by atoms with Gasteiger partial charge in [0.15, 0.2) is 5.69 Å². The third-order valence-corrected chi connectivity index (χ3v) is 3.75. The smallest absolute Gasteiger partial charge is 0.304 e. The van der Waals surface area contributed by atoms with Crippen LogP contribution in [0.4, 0.5) is 10.1 Å². The average Bonchev–Trinajstić information content (AvgIpc) is 2.92. The van der Waals surface area contributed by atoms with Crippen molar-refractivity contribution in [3.05, 3.63) is 68.7 Å². The van der Waals surface area contributed by atoms with Gasteiger partial charge in [0, 0.05) is 0 Å². The van der Waals surface area contributed by atoms with Crippen molar-refractivity contribution in [2.24, 2.45) is 0 Å². The largest absolute Gasteiger partial charge is 0.347 e. The second-order valence-electron chi connectivity index (χ2n) is 5.23. The number of benzene rings is 2. The van der Waals surface area contributed by atoms with Gasteiger partial charge in [0.05, 0.1) is 26.9 Å². The van der Waals surface area contributed by atoms with Crippen LogP contribution in [0, 0.1) is 15.9 Å². The fourth-order valence-electron chi connectivity index (χ4n) is 2.71. The first-order valence-corrected chi connectivity index (χ1v) is 6.99. The maximum absolute atomic E-state index is 13.5. The Morgan fingerprint density at radius 3 is 2.67 bits per heavy atom. The molecule has 0 amide bonds. The number of aromatic nitrogens is 3. The number of nitrogens with zero attached hydrogens (tertiary/aromatic N) is 2. The van der Waals surface area contributed by atoms with Gasteiger partial charge in [0.25, 0.3) is 5.56 Å². The number of para-hydroxylation sites is 2. The SMILES string of the molecule is O=c1[nH]c2ccccc2nc1-c1[nH]c2ccc(F)cc2c1[N+](=O)[O-]. The Kier molecular flexibility index (Phi) is 2.92. The van der Waals surface area contributed by atoms with Crippen molar-refractivity contribution in [1.82, 2.24) is 15.0 Å². The molecule has 0 aliphatic heterocycles. The summed E-state index contributed by atoms with van der Waals surface area (Å²) in [7, 11) is 0. The van der Waals surface area contributed by atoms with Gasteiger partial charge in [-0.2, -0.15) is 0 Å². The number of hydrogen-bond acceptors (Lipinski definition) is 4. The highest BCUT2D eigenvalue weighted by atomic mass is 19.1. The quantitative estimate of drug-likeness (QED) is 0.436. The molecule has 0 fully saturated rings. The van der Waals surface area contributed by atoms with Crippen LogP contribution in [-0.2, 0) is 0 Å². The highest BCUT2D eigenvalue weighted by Gasteiger charge is 2.26. The van der Waals surface area contributed by atoms with Gasteiger partial charge in [0.1, 0.15) is 11.5 Å². The number of aromatic amines is 2. The second kappa shape index (κ2) is 4.98. The first-order chi connectivity index (χ1) is 11.5. The van der Waals surface area contributed by atoms with Gasteiger partial charge < -0.3 is 9.97 Å². The molecule has 0 bridgehead atoms. The van der Waals surface area contributed by atoms with Gasteiger partial charge in [-0.05, 0) is 30.3 Å². The Labute approximate surface area is 132 Å². The molecule has 0 aliphatic rings. The van der Waals surface area contributed by atoms with Crippen LogP contribution in [0.25, 0.3) is 33.3 Å². The van der Waals surface area contributed by atoms with E-state index in [2.05, 4.69) is 15.0 Å². The Hall–Kier alpha value is -3.55. The minimum absolute atomic E-state index is 0.0485. The zero-order valence-corrected chi connectivity index (χ0v) is 12.0. The van der Waals surface area contributed by atoms with E-state index in [1.165, 1.54) is 12.1 Å². The van der Waals surface area contributed by atoms with Gasteiger partial charge in [0.2, 0.25) is 0 Å². The fourth-order valence-corrected chi connectivity index (χ4v) is 2.71. The molecule has 7 nitrogen and oxygen atoms in total. The monoisotopic (exact) mass is 324 g/mol. The van der Waals surface area contributed by atoms with Gasteiger partial charge in [-0.25, -0.2) is 9.37 Å².